The lowest BCUT2D eigenvalue weighted by molar-refractivity contribution is -0.141. The average Bonchev–Trinajstić information content (AvgIpc) is 2.88. The molecular weight excluding hydrogens is 312 g/mol. The number of aromatic nitrogens is 1. The van der Waals surface area contributed by atoms with Crippen molar-refractivity contribution < 1.29 is 19.2 Å². The van der Waals surface area contributed by atoms with Crippen LogP contribution in [0.2, 0.25) is 0 Å². The molecule has 1 aliphatic rings. The molecule has 11 heteroatoms. The summed E-state index contributed by atoms with van der Waals surface area (Å²) in [5.74, 6) is -1.23. The van der Waals surface area contributed by atoms with Crippen LogP contribution in [0.15, 0.2) is 10.5 Å². The number of hydrogen-bond donors (Lipinski definition) is 3. The average molecular weight is 326 g/mol. The van der Waals surface area contributed by atoms with Crippen molar-refractivity contribution in [1.29, 1.82) is 0 Å². The minimum atomic E-state index is -0.856. The van der Waals surface area contributed by atoms with Gasteiger partial charge in [0.2, 0.25) is 0 Å². The standard InChI is InChI=1S/C11H14N6O4S/c1-2-21-16-7(6-4-22-10(12)15-6)8(18)14-5-3-17(9(5)19)11(13)20/h4-5H,2-3H2,1H3,(H2,12,15)(H2,13,20)(H,14,18)/t5-/m0/s1. The predicted octanol–water partition coefficient (Wildman–Crippen LogP) is -1.13. The largest absolute Gasteiger partial charge is 0.395 e. The van der Waals surface area contributed by atoms with Gasteiger partial charge in [0.25, 0.3) is 11.8 Å². The van der Waals surface area contributed by atoms with E-state index in [9.17, 15) is 14.4 Å². The lowest BCUT2D eigenvalue weighted by Gasteiger charge is -2.35. The van der Waals surface area contributed by atoms with Crippen LogP contribution >= 0.6 is 11.3 Å². The van der Waals surface area contributed by atoms with E-state index < -0.39 is 23.9 Å². The van der Waals surface area contributed by atoms with Crippen molar-refractivity contribution in [3.63, 3.8) is 0 Å². The summed E-state index contributed by atoms with van der Waals surface area (Å²) >= 11 is 1.14. The van der Waals surface area contributed by atoms with Gasteiger partial charge in [0.1, 0.15) is 18.3 Å². The van der Waals surface area contributed by atoms with E-state index in [1.54, 1.807) is 12.3 Å². The summed E-state index contributed by atoms with van der Waals surface area (Å²) in [6, 6.07) is -1.69. The Balaban J connectivity index is 2.08. The fourth-order valence-corrected chi connectivity index (χ4v) is 2.24. The molecular formula is C11H14N6O4S. The molecule has 2 rings (SSSR count). The minimum Gasteiger partial charge on any atom is -0.395 e. The molecule has 0 radical (unpaired) electrons. The monoisotopic (exact) mass is 326 g/mol. The zero-order valence-corrected chi connectivity index (χ0v) is 12.4. The van der Waals surface area contributed by atoms with Crippen molar-refractivity contribution in [3.05, 3.63) is 11.1 Å². The van der Waals surface area contributed by atoms with Gasteiger partial charge in [-0.25, -0.2) is 9.78 Å². The Morgan fingerprint density at radius 1 is 1.64 bits per heavy atom. The first-order valence-electron chi connectivity index (χ1n) is 6.27. The lowest BCUT2D eigenvalue weighted by Crippen LogP contribution is -2.67. The number of hydrogen-bond acceptors (Lipinski definition) is 8. The number of nitrogens with two attached hydrogens (primary N) is 2. The van der Waals surface area contributed by atoms with Gasteiger partial charge in [0.05, 0.1) is 6.54 Å². The number of amides is 4. The summed E-state index contributed by atoms with van der Waals surface area (Å²) in [5, 5.41) is 7.95. The topological polar surface area (TPSA) is 153 Å². The summed E-state index contributed by atoms with van der Waals surface area (Å²) < 4.78 is 0. The number of imide groups is 1. The van der Waals surface area contributed by atoms with Crippen molar-refractivity contribution in [2.45, 2.75) is 13.0 Å². The van der Waals surface area contributed by atoms with Gasteiger partial charge in [0, 0.05) is 5.38 Å². The maximum atomic E-state index is 12.2. The highest BCUT2D eigenvalue weighted by molar-refractivity contribution is 7.13. The van der Waals surface area contributed by atoms with E-state index in [4.69, 9.17) is 16.3 Å². The zero-order valence-electron chi connectivity index (χ0n) is 11.6. The number of nitrogens with one attached hydrogen (secondary N) is 1. The maximum Gasteiger partial charge on any atom is 0.321 e. The van der Waals surface area contributed by atoms with E-state index >= 15 is 0 Å². The summed E-state index contributed by atoms with van der Waals surface area (Å²) in [5.41, 5.74) is 10.7. The fraction of sp³-hybridized carbons (Fsp3) is 0.364. The summed E-state index contributed by atoms with van der Waals surface area (Å²) in [6.45, 7) is 1.98. The molecule has 0 spiro atoms. The molecule has 10 nitrogen and oxygen atoms in total. The molecule has 0 unspecified atom stereocenters. The molecule has 5 N–H and O–H groups in total. The molecule has 0 saturated carbocycles. The third-order valence-corrected chi connectivity index (χ3v) is 3.44. The minimum absolute atomic E-state index is 0.0149. The second-order valence-corrected chi connectivity index (χ2v) is 5.13. The Hall–Kier alpha value is -2.69. The highest BCUT2D eigenvalue weighted by atomic mass is 32.1. The van der Waals surface area contributed by atoms with Crippen molar-refractivity contribution in [3.8, 4) is 0 Å². The second kappa shape index (κ2) is 6.39. The molecule has 0 bridgehead atoms. The van der Waals surface area contributed by atoms with E-state index in [-0.39, 0.29) is 29.7 Å². The number of rotatable bonds is 5. The molecule has 1 aromatic heterocycles. The highest BCUT2D eigenvalue weighted by Gasteiger charge is 2.41. The van der Waals surface area contributed by atoms with Crippen molar-refractivity contribution in [1.82, 2.24) is 15.2 Å². The number of likely N-dealkylation sites (tertiary alicyclic amines) is 1. The summed E-state index contributed by atoms with van der Waals surface area (Å²) in [6.07, 6.45) is 0. The number of nitrogens with zero attached hydrogens (tertiary/aromatic N) is 3. The number of anilines is 1. The number of nitrogen functional groups attached to an aromatic ring is 1. The molecule has 1 aromatic rings. The van der Waals surface area contributed by atoms with Gasteiger partial charge in [0.15, 0.2) is 10.8 Å². The van der Waals surface area contributed by atoms with E-state index in [1.165, 1.54) is 0 Å². The number of urea groups is 1. The normalized spacial score (nSPS) is 17.9. The second-order valence-electron chi connectivity index (χ2n) is 4.24. The van der Waals surface area contributed by atoms with Crippen molar-refractivity contribution in [2.75, 3.05) is 18.9 Å². The van der Waals surface area contributed by atoms with Crippen LogP contribution in [-0.4, -0.2) is 52.6 Å². The molecule has 0 aliphatic carbocycles. The van der Waals surface area contributed by atoms with E-state index in [0.717, 1.165) is 16.2 Å². The smallest absolute Gasteiger partial charge is 0.321 e. The van der Waals surface area contributed by atoms with Gasteiger partial charge < -0.3 is 21.6 Å². The van der Waals surface area contributed by atoms with Crippen LogP contribution in [-0.2, 0) is 14.4 Å². The molecule has 0 aromatic carbocycles. The number of oxime groups is 1. The quantitative estimate of drug-likeness (QED) is 0.353. The van der Waals surface area contributed by atoms with Gasteiger partial charge in [-0.1, -0.05) is 5.16 Å². The van der Waals surface area contributed by atoms with Gasteiger partial charge >= 0.3 is 6.03 Å². The Morgan fingerprint density at radius 2 is 2.36 bits per heavy atom. The first-order chi connectivity index (χ1) is 10.4. The van der Waals surface area contributed by atoms with Crippen LogP contribution in [0.1, 0.15) is 12.6 Å². The third kappa shape index (κ3) is 3.14. The first kappa shape index (κ1) is 15.7. The van der Waals surface area contributed by atoms with Crippen LogP contribution in [0.25, 0.3) is 0 Å². The number of carbonyl (C=O) groups excluding carboxylic acids is 3. The molecule has 118 valence electrons. The number of thiazole rings is 1. The first-order valence-corrected chi connectivity index (χ1v) is 7.15. The summed E-state index contributed by atoms with van der Waals surface area (Å²) in [7, 11) is 0. The van der Waals surface area contributed by atoms with Gasteiger partial charge in [-0.05, 0) is 6.92 Å². The van der Waals surface area contributed by atoms with Crippen molar-refractivity contribution in [2.24, 2.45) is 10.9 Å². The Labute approximate surface area is 129 Å². The molecule has 1 aliphatic heterocycles. The maximum absolute atomic E-state index is 12.2. The molecule has 2 heterocycles. The Bertz CT molecular complexity index is 642. The van der Waals surface area contributed by atoms with Gasteiger partial charge in [-0.2, -0.15) is 0 Å². The molecule has 1 saturated heterocycles. The predicted molar refractivity (Wildman–Crippen MR) is 77.9 cm³/mol. The zero-order chi connectivity index (χ0) is 16.3. The highest BCUT2D eigenvalue weighted by Crippen LogP contribution is 2.14. The number of β-lactam (4-membered cyclic amide) rings is 1. The van der Waals surface area contributed by atoms with Crippen LogP contribution in [0, 0.1) is 0 Å². The van der Waals surface area contributed by atoms with Crippen LogP contribution in [0.5, 0.6) is 0 Å². The fourth-order valence-electron chi connectivity index (χ4n) is 1.69. The van der Waals surface area contributed by atoms with Crippen molar-refractivity contribution >= 4 is 40.0 Å². The van der Waals surface area contributed by atoms with Crippen LogP contribution < -0.4 is 16.8 Å². The van der Waals surface area contributed by atoms with E-state index in [0.29, 0.717) is 0 Å². The van der Waals surface area contributed by atoms with Gasteiger partial charge in [-0.15, -0.1) is 11.3 Å². The Morgan fingerprint density at radius 3 is 2.86 bits per heavy atom. The van der Waals surface area contributed by atoms with E-state index in [1.807, 2.05) is 0 Å². The number of carbonyl (C=O) groups is 3. The molecule has 4 amide bonds. The van der Waals surface area contributed by atoms with Crippen LogP contribution in [0.4, 0.5) is 9.93 Å². The molecule has 1 atom stereocenters. The number of primary amides is 1. The van der Waals surface area contributed by atoms with E-state index in [2.05, 4.69) is 15.5 Å². The molecule has 1 fully saturated rings. The third-order valence-electron chi connectivity index (χ3n) is 2.77. The Kier molecular flexibility index (Phi) is 4.56. The molecule has 22 heavy (non-hydrogen) atoms. The van der Waals surface area contributed by atoms with Crippen LogP contribution in [0.3, 0.4) is 0 Å². The lowest BCUT2D eigenvalue weighted by atomic mass is 10.1. The van der Waals surface area contributed by atoms with Gasteiger partial charge in [-0.3, -0.25) is 14.5 Å². The SMILES string of the molecule is CCON=C(C(=O)N[C@H]1CN(C(N)=O)C1=O)c1csc(N)n1. The summed E-state index contributed by atoms with van der Waals surface area (Å²) in [4.78, 5) is 44.4.